The maximum atomic E-state index is 13.5. The number of esters is 6. The second-order valence-corrected chi connectivity index (χ2v) is 10.3. The smallest absolute Gasteiger partial charge is 0.463 e. The topological polar surface area (TPSA) is 263 Å². The third-order valence-electron chi connectivity index (χ3n) is 6.38. The SMILES string of the molecule is CC(=O)OCC1O[C@H](OC(C)=O)C(N=[N+]=[N-])[C@@H](OC(C)=O)[C@@H]1O[C@@H]1OC(COC(C)=O)[C@@H](OC(C)=O)[C@H](OC(C)=O)C1NC(=O)C(F)(F)F. The lowest BCUT2D eigenvalue weighted by molar-refractivity contribution is -0.329. The summed E-state index contributed by atoms with van der Waals surface area (Å²) in [6, 6.07) is -3.98. The first kappa shape index (κ1) is 40.4. The molecule has 0 aromatic carbocycles. The first-order valence-corrected chi connectivity index (χ1v) is 14.1. The second-order valence-electron chi connectivity index (χ2n) is 10.3. The van der Waals surface area contributed by atoms with Crippen LogP contribution in [0.4, 0.5) is 13.2 Å². The van der Waals surface area contributed by atoms with Crippen LogP contribution in [-0.2, 0) is 76.2 Å². The van der Waals surface area contributed by atoms with Gasteiger partial charge in [0.1, 0.15) is 49.7 Å². The van der Waals surface area contributed by atoms with E-state index < -0.39 is 122 Å². The van der Waals surface area contributed by atoms with Crippen LogP contribution in [0.5, 0.6) is 0 Å². The fraction of sp³-hybridized carbons (Fsp3) is 0.731. The van der Waals surface area contributed by atoms with E-state index in [0.717, 1.165) is 41.5 Å². The van der Waals surface area contributed by atoms with Gasteiger partial charge in [-0.2, -0.15) is 13.2 Å². The molecule has 1 amide bonds. The van der Waals surface area contributed by atoms with E-state index in [0.29, 0.717) is 0 Å². The van der Waals surface area contributed by atoms with Crippen molar-refractivity contribution in [3.63, 3.8) is 0 Å². The summed E-state index contributed by atoms with van der Waals surface area (Å²) in [5.41, 5.74) is 9.25. The molecule has 2 aliphatic heterocycles. The molecule has 2 fully saturated rings. The van der Waals surface area contributed by atoms with Crippen LogP contribution < -0.4 is 5.32 Å². The molecule has 0 aliphatic carbocycles. The van der Waals surface area contributed by atoms with Gasteiger partial charge in [0.15, 0.2) is 18.5 Å². The Labute approximate surface area is 274 Å². The van der Waals surface area contributed by atoms with E-state index in [2.05, 4.69) is 10.0 Å². The van der Waals surface area contributed by atoms with Crippen LogP contribution in [0.2, 0.25) is 0 Å². The van der Waals surface area contributed by atoms with E-state index >= 15 is 0 Å². The average molecular weight is 715 g/mol. The summed E-state index contributed by atoms with van der Waals surface area (Å²) >= 11 is 0. The molecule has 4 unspecified atom stereocenters. The number of hydrogen-bond acceptors (Lipinski definition) is 17. The Morgan fingerprint density at radius 1 is 0.673 bits per heavy atom. The molecule has 0 aromatic rings. The van der Waals surface area contributed by atoms with Gasteiger partial charge in [-0.1, -0.05) is 5.11 Å². The highest BCUT2D eigenvalue weighted by Gasteiger charge is 2.57. The van der Waals surface area contributed by atoms with Gasteiger partial charge in [0.05, 0.1) is 0 Å². The molecule has 2 rings (SSSR count). The van der Waals surface area contributed by atoms with Gasteiger partial charge in [-0.25, -0.2) is 0 Å². The summed E-state index contributed by atoms with van der Waals surface area (Å²) in [5, 5.41) is 5.02. The number of nitrogens with one attached hydrogen (secondary N) is 1. The molecule has 20 nitrogen and oxygen atoms in total. The normalized spacial score (nSPS) is 29.6. The monoisotopic (exact) mass is 714 g/mol. The van der Waals surface area contributed by atoms with E-state index in [-0.39, 0.29) is 0 Å². The molecule has 0 saturated carbocycles. The minimum Gasteiger partial charge on any atom is -0.463 e. The van der Waals surface area contributed by atoms with Crippen LogP contribution in [0.1, 0.15) is 41.5 Å². The van der Waals surface area contributed by atoms with E-state index in [9.17, 15) is 52.3 Å². The Morgan fingerprint density at radius 2 is 1.12 bits per heavy atom. The van der Waals surface area contributed by atoms with Gasteiger partial charge in [-0.05, 0) is 5.53 Å². The number of nitrogens with zero attached hydrogens (tertiary/aromatic N) is 3. The zero-order chi connectivity index (χ0) is 37.2. The van der Waals surface area contributed by atoms with Gasteiger partial charge in [0, 0.05) is 46.5 Å². The number of azide groups is 1. The maximum absolute atomic E-state index is 13.5. The number of ether oxygens (including phenoxy) is 9. The van der Waals surface area contributed by atoms with E-state index in [4.69, 9.17) is 42.6 Å². The Balaban J connectivity index is 2.80. The quantitative estimate of drug-likeness (QED) is 0.0919. The van der Waals surface area contributed by atoms with Crippen LogP contribution in [0, 0.1) is 0 Å². The molecule has 10 atom stereocenters. The number of rotatable bonds is 12. The molecule has 0 spiro atoms. The largest absolute Gasteiger partial charge is 0.471 e. The van der Waals surface area contributed by atoms with Crippen molar-refractivity contribution < 1.29 is 89.4 Å². The molecule has 2 saturated heterocycles. The van der Waals surface area contributed by atoms with Crippen molar-refractivity contribution in [1.29, 1.82) is 0 Å². The Kier molecular flexibility index (Phi) is 14.5. The van der Waals surface area contributed by atoms with Crippen molar-refractivity contribution in [3.8, 4) is 0 Å². The zero-order valence-electron chi connectivity index (χ0n) is 26.7. The zero-order valence-corrected chi connectivity index (χ0v) is 26.7. The maximum Gasteiger partial charge on any atom is 0.471 e. The summed E-state index contributed by atoms with van der Waals surface area (Å²) in [6.07, 6.45) is -20.5. The predicted octanol–water partition coefficient (Wildman–Crippen LogP) is 0.0318. The third-order valence-corrected chi connectivity index (χ3v) is 6.38. The summed E-state index contributed by atoms with van der Waals surface area (Å²) < 4.78 is 88.7. The molecule has 0 radical (unpaired) electrons. The van der Waals surface area contributed by atoms with Crippen molar-refractivity contribution in [1.82, 2.24) is 5.32 Å². The Bertz CT molecular complexity index is 1330. The highest BCUT2D eigenvalue weighted by molar-refractivity contribution is 5.82. The third kappa shape index (κ3) is 12.0. The van der Waals surface area contributed by atoms with Gasteiger partial charge in [-0.3, -0.25) is 33.6 Å². The van der Waals surface area contributed by atoms with Crippen molar-refractivity contribution in [2.24, 2.45) is 5.11 Å². The Morgan fingerprint density at radius 3 is 1.57 bits per heavy atom. The number of carbonyl (C=O) groups is 7. The second kappa shape index (κ2) is 17.6. The number of alkyl halides is 3. The molecule has 2 heterocycles. The minimum atomic E-state index is -5.55. The van der Waals surface area contributed by atoms with Crippen LogP contribution in [-0.4, -0.2) is 122 Å². The lowest BCUT2D eigenvalue weighted by Gasteiger charge is -2.48. The van der Waals surface area contributed by atoms with Crippen molar-refractivity contribution in [3.05, 3.63) is 10.4 Å². The number of amides is 1. The van der Waals surface area contributed by atoms with E-state index in [1.807, 2.05) is 0 Å². The molecule has 23 heteroatoms. The first-order chi connectivity index (χ1) is 22.7. The highest BCUT2D eigenvalue weighted by atomic mass is 19.4. The minimum absolute atomic E-state index is 0.773. The highest BCUT2D eigenvalue weighted by Crippen LogP contribution is 2.35. The van der Waals surface area contributed by atoms with Crippen molar-refractivity contribution in [2.45, 2.75) is 109 Å². The molecule has 0 bridgehead atoms. The molecule has 1 N–H and O–H groups in total. The first-order valence-electron chi connectivity index (χ1n) is 14.1. The van der Waals surface area contributed by atoms with Gasteiger partial charge in [0.2, 0.25) is 6.29 Å². The average Bonchev–Trinajstić information content (AvgIpc) is 2.95. The number of carbonyl (C=O) groups excluding carboxylic acids is 7. The fourth-order valence-electron chi connectivity index (χ4n) is 4.72. The molecule has 49 heavy (non-hydrogen) atoms. The standard InChI is InChI=1S/C26H33F3N4O16/c1-9(34)41-7-15-19(43-11(3)36)21(44-12(4)37)17(31-25(40)26(27,28)29)23(47-15)49-20-16(8-42-10(2)35)48-24(46-14(6)39)18(32-33-30)22(20)45-13(5)38/h15-24H,7-8H2,1-6H3,(H,31,40)/t15?,16?,17?,18?,19-,20-,21-,22-,23+,24+/m1/s1. The summed E-state index contributed by atoms with van der Waals surface area (Å²) in [5.74, 6) is -8.65. The van der Waals surface area contributed by atoms with Crippen LogP contribution >= 0.6 is 0 Å². The molecular weight excluding hydrogens is 681 g/mol. The van der Waals surface area contributed by atoms with E-state index in [1.54, 1.807) is 5.32 Å². The van der Waals surface area contributed by atoms with Crippen LogP contribution in [0.25, 0.3) is 10.4 Å². The van der Waals surface area contributed by atoms with Gasteiger partial charge < -0.3 is 47.9 Å². The molecular formula is C26H33F3N4O16. The van der Waals surface area contributed by atoms with Gasteiger partial charge >= 0.3 is 47.9 Å². The van der Waals surface area contributed by atoms with Crippen LogP contribution in [0.15, 0.2) is 5.11 Å². The lowest BCUT2D eigenvalue weighted by atomic mass is 9.94. The number of halogens is 3. The number of hydrogen-bond donors (Lipinski definition) is 1. The Hall–Kier alpha value is -4.73. The van der Waals surface area contributed by atoms with Crippen molar-refractivity contribution in [2.75, 3.05) is 13.2 Å². The summed E-state index contributed by atoms with van der Waals surface area (Å²) in [4.78, 5) is 86.5. The fourth-order valence-corrected chi connectivity index (χ4v) is 4.72. The molecule has 2 aliphatic rings. The van der Waals surface area contributed by atoms with Crippen molar-refractivity contribution >= 4 is 41.7 Å². The predicted molar refractivity (Wildman–Crippen MR) is 145 cm³/mol. The molecule has 0 aromatic heterocycles. The van der Waals surface area contributed by atoms with Crippen LogP contribution in [0.3, 0.4) is 0 Å². The van der Waals surface area contributed by atoms with Gasteiger partial charge in [-0.15, -0.1) is 0 Å². The molecule has 274 valence electrons. The van der Waals surface area contributed by atoms with Gasteiger partial charge in [0.25, 0.3) is 0 Å². The summed E-state index contributed by atoms with van der Waals surface area (Å²) in [6.45, 7) is 3.98. The summed E-state index contributed by atoms with van der Waals surface area (Å²) in [7, 11) is 0. The lowest BCUT2D eigenvalue weighted by Crippen LogP contribution is -2.70. The van der Waals surface area contributed by atoms with E-state index in [1.165, 1.54) is 0 Å².